The Morgan fingerprint density at radius 1 is 1.12 bits per heavy atom. The molecule has 3 rings (SSSR count). The van der Waals surface area contributed by atoms with Crippen molar-refractivity contribution in [1.82, 2.24) is 10.2 Å². The maximum atomic E-state index is 3.45. The highest BCUT2D eigenvalue weighted by Crippen LogP contribution is 2.37. The highest BCUT2D eigenvalue weighted by atomic mass is 15.2. The second kappa shape index (κ2) is 5.19. The van der Waals surface area contributed by atoms with E-state index in [1.165, 1.54) is 37.9 Å². The predicted octanol–water partition coefficient (Wildman–Crippen LogP) is 1.91. The van der Waals surface area contributed by atoms with Crippen molar-refractivity contribution in [3.63, 3.8) is 0 Å². The predicted molar refractivity (Wildman–Crippen MR) is 71.1 cm³/mol. The molecule has 1 aliphatic carbocycles. The molecule has 1 N–H and O–H groups in total. The second-order valence-electron chi connectivity index (χ2n) is 5.38. The first-order valence-corrected chi connectivity index (χ1v) is 6.92. The minimum absolute atomic E-state index is 0.791. The molecule has 1 aromatic rings. The topological polar surface area (TPSA) is 15.3 Å². The maximum Gasteiger partial charge on any atom is 0.0165 e. The molecule has 0 spiro atoms. The molecule has 1 saturated carbocycles. The summed E-state index contributed by atoms with van der Waals surface area (Å²) in [5.41, 5.74) is 1.50. The Balaban J connectivity index is 1.67. The summed E-state index contributed by atoms with van der Waals surface area (Å²) in [6.07, 6.45) is 4.13. The molecule has 2 aliphatic rings. The van der Waals surface area contributed by atoms with E-state index in [4.69, 9.17) is 0 Å². The van der Waals surface area contributed by atoms with Gasteiger partial charge in [0.25, 0.3) is 0 Å². The minimum atomic E-state index is 0.791. The molecule has 2 nitrogen and oxygen atoms in total. The minimum Gasteiger partial charge on any atom is -0.314 e. The maximum absolute atomic E-state index is 3.45. The van der Waals surface area contributed by atoms with Crippen LogP contribution in [0.15, 0.2) is 30.3 Å². The van der Waals surface area contributed by atoms with Crippen molar-refractivity contribution >= 4 is 0 Å². The van der Waals surface area contributed by atoms with Crippen molar-refractivity contribution in [2.24, 2.45) is 5.92 Å². The average molecular weight is 230 g/mol. The van der Waals surface area contributed by atoms with E-state index in [-0.39, 0.29) is 0 Å². The first-order chi connectivity index (χ1) is 8.43. The molecule has 1 saturated heterocycles. The third-order valence-corrected chi connectivity index (χ3v) is 4.07. The van der Waals surface area contributed by atoms with E-state index in [1.54, 1.807) is 0 Å². The third-order valence-electron chi connectivity index (χ3n) is 4.07. The molecule has 92 valence electrons. The van der Waals surface area contributed by atoms with Crippen molar-refractivity contribution < 1.29 is 0 Å². The Kier molecular flexibility index (Phi) is 3.44. The summed E-state index contributed by atoms with van der Waals surface area (Å²) in [4.78, 5) is 2.71. The number of nitrogens with one attached hydrogen (secondary N) is 1. The first-order valence-electron chi connectivity index (χ1n) is 6.92. The van der Waals surface area contributed by atoms with E-state index < -0.39 is 0 Å². The van der Waals surface area contributed by atoms with Crippen LogP contribution in [-0.4, -0.2) is 37.1 Å². The largest absolute Gasteiger partial charge is 0.314 e. The van der Waals surface area contributed by atoms with Gasteiger partial charge in [-0.25, -0.2) is 0 Å². The summed E-state index contributed by atoms with van der Waals surface area (Å²) in [6, 6.07) is 11.8. The molecule has 0 radical (unpaired) electrons. The van der Waals surface area contributed by atoms with E-state index in [2.05, 4.69) is 40.5 Å². The smallest absolute Gasteiger partial charge is 0.0165 e. The molecule has 0 aromatic heterocycles. The number of nitrogens with zero attached hydrogens (tertiary/aromatic N) is 1. The van der Waals surface area contributed by atoms with Gasteiger partial charge in [-0.05, 0) is 30.7 Å². The van der Waals surface area contributed by atoms with Crippen LogP contribution in [0, 0.1) is 5.92 Å². The lowest BCUT2D eigenvalue weighted by atomic mass is 10.00. The van der Waals surface area contributed by atoms with Crippen LogP contribution < -0.4 is 5.32 Å². The molecule has 1 aromatic carbocycles. The Morgan fingerprint density at radius 2 is 1.82 bits per heavy atom. The van der Waals surface area contributed by atoms with Crippen LogP contribution in [0.1, 0.15) is 18.4 Å². The molecule has 1 aliphatic heterocycles. The molecule has 0 amide bonds. The van der Waals surface area contributed by atoms with Gasteiger partial charge in [-0.15, -0.1) is 0 Å². The SMILES string of the molecule is c1ccc(CC(C2CC2)N2CCNCC2)cc1. The van der Waals surface area contributed by atoms with E-state index >= 15 is 0 Å². The average Bonchev–Trinajstić information content (AvgIpc) is 3.23. The van der Waals surface area contributed by atoms with Gasteiger partial charge in [0.05, 0.1) is 0 Å². The normalized spacial score (nSPS) is 23.5. The molecule has 1 unspecified atom stereocenters. The van der Waals surface area contributed by atoms with Gasteiger partial charge in [0.1, 0.15) is 0 Å². The van der Waals surface area contributed by atoms with Crippen LogP contribution in [-0.2, 0) is 6.42 Å². The summed E-state index contributed by atoms with van der Waals surface area (Å²) in [5, 5.41) is 3.45. The highest BCUT2D eigenvalue weighted by molar-refractivity contribution is 5.17. The van der Waals surface area contributed by atoms with Crippen molar-refractivity contribution in [3.8, 4) is 0 Å². The van der Waals surface area contributed by atoms with Gasteiger partial charge in [-0.1, -0.05) is 30.3 Å². The van der Waals surface area contributed by atoms with Crippen molar-refractivity contribution in [1.29, 1.82) is 0 Å². The number of benzene rings is 1. The van der Waals surface area contributed by atoms with Crippen molar-refractivity contribution in [2.45, 2.75) is 25.3 Å². The zero-order valence-corrected chi connectivity index (χ0v) is 10.4. The van der Waals surface area contributed by atoms with Crippen LogP contribution in [0.5, 0.6) is 0 Å². The lowest BCUT2D eigenvalue weighted by Crippen LogP contribution is -2.49. The number of hydrogen-bond donors (Lipinski definition) is 1. The van der Waals surface area contributed by atoms with Crippen LogP contribution in [0.3, 0.4) is 0 Å². The lowest BCUT2D eigenvalue weighted by Gasteiger charge is -2.35. The highest BCUT2D eigenvalue weighted by Gasteiger charge is 2.35. The number of rotatable bonds is 4. The van der Waals surface area contributed by atoms with Crippen molar-refractivity contribution in [3.05, 3.63) is 35.9 Å². The zero-order valence-electron chi connectivity index (χ0n) is 10.4. The van der Waals surface area contributed by atoms with E-state index in [0.717, 1.165) is 25.0 Å². The molecule has 1 atom stereocenters. The molecule has 17 heavy (non-hydrogen) atoms. The lowest BCUT2D eigenvalue weighted by molar-refractivity contribution is 0.154. The standard InChI is InChI=1S/C15H22N2/c1-2-4-13(5-3-1)12-15(14-6-7-14)17-10-8-16-9-11-17/h1-5,14-16H,6-12H2. The Morgan fingerprint density at radius 3 is 2.47 bits per heavy atom. The Bertz CT molecular complexity index is 339. The second-order valence-corrected chi connectivity index (χ2v) is 5.38. The van der Waals surface area contributed by atoms with Crippen LogP contribution in [0.25, 0.3) is 0 Å². The van der Waals surface area contributed by atoms with Crippen LogP contribution in [0.4, 0.5) is 0 Å². The summed E-state index contributed by atoms with van der Waals surface area (Å²) < 4.78 is 0. The van der Waals surface area contributed by atoms with Gasteiger partial charge in [0.15, 0.2) is 0 Å². The van der Waals surface area contributed by atoms with Crippen LogP contribution in [0.2, 0.25) is 0 Å². The monoisotopic (exact) mass is 230 g/mol. The fraction of sp³-hybridized carbons (Fsp3) is 0.600. The molecular formula is C15H22N2. The van der Waals surface area contributed by atoms with Gasteiger partial charge in [0, 0.05) is 32.2 Å². The molecule has 1 heterocycles. The van der Waals surface area contributed by atoms with E-state index in [0.29, 0.717) is 0 Å². The van der Waals surface area contributed by atoms with Gasteiger partial charge < -0.3 is 5.32 Å². The Labute approximate surface area is 104 Å². The fourth-order valence-electron chi connectivity index (χ4n) is 2.94. The fourth-order valence-corrected chi connectivity index (χ4v) is 2.94. The van der Waals surface area contributed by atoms with E-state index in [9.17, 15) is 0 Å². The van der Waals surface area contributed by atoms with Gasteiger partial charge in [-0.3, -0.25) is 4.90 Å². The summed E-state index contributed by atoms with van der Waals surface area (Å²) in [6.45, 7) is 4.79. The van der Waals surface area contributed by atoms with Crippen molar-refractivity contribution in [2.75, 3.05) is 26.2 Å². The summed E-state index contributed by atoms with van der Waals surface area (Å²) in [5.74, 6) is 0.966. The molecule has 2 fully saturated rings. The van der Waals surface area contributed by atoms with E-state index in [1.807, 2.05) is 0 Å². The molecule has 2 heteroatoms. The first kappa shape index (κ1) is 11.2. The van der Waals surface area contributed by atoms with Gasteiger partial charge in [-0.2, -0.15) is 0 Å². The summed E-state index contributed by atoms with van der Waals surface area (Å²) >= 11 is 0. The van der Waals surface area contributed by atoms with Crippen LogP contribution >= 0.6 is 0 Å². The van der Waals surface area contributed by atoms with Gasteiger partial charge >= 0.3 is 0 Å². The van der Waals surface area contributed by atoms with Gasteiger partial charge in [0.2, 0.25) is 0 Å². The zero-order chi connectivity index (χ0) is 11.5. The molecule has 0 bridgehead atoms. The Hall–Kier alpha value is -0.860. The number of hydrogen-bond acceptors (Lipinski definition) is 2. The summed E-state index contributed by atoms with van der Waals surface area (Å²) in [7, 11) is 0. The number of piperazine rings is 1. The third kappa shape index (κ3) is 2.88. The quantitative estimate of drug-likeness (QED) is 0.850. The molecular weight excluding hydrogens is 208 g/mol.